The molecule has 0 radical (unpaired) electrons. The Morgan fingerprint density at radius 1 is 0.903 bits per heavy atom. The van der Waals surface area contributed by atoms with Crippen LogP contribution in [-0.2, 0) is 11.3 Å². The van der Waals surface area contributed by atoms with Crippen LogP contribution in [0.1, 0.15) is 84.1 Å². The summed E-state index contributed by atoms with van der Waals surface area (Å²) < 4.78 is 0. The number of carbonyl (C=O) groups is 1. The Morgan fingerprint density at radius 3 is 2.06 bits per heavy atom. The highest BCUT2D eigenvalue weighted by atomic mass is 16.1. The molecule has 0 spiro atoms. The highest BCUT2D eigenvalue weighted by molar-refractivity contribution is 5.77. The van der Waals surface area contributed by atoms with Crippen LogP contribution in [0.5, 0.6) is 0 Å². The molecule has 0 bridgehead atoms. The first-order valence-electron chi connectivity index (χ1n) is 12.8. The molecule has 0 amide bonds. The van der Waals surface area contributed by atoms with E-state index in [1.807, 2.05) is 6.92 Å². The van der Waals surface area contributed by atoms with Crippen LogP contribution in [0.15, 0.2) is 24.3 Å². The number of carbonyl (C=O) groups excluding carboxylic acids is 1. The van der Waals surface area contributed by atoms with Crippen molar-refractivity contribution in [3.05, 3.63) is 29.8 Å². The maximum atomic E-state index is 11.3. The van der Waals surface area contributed by atoms with Gasteiger partial charge in [0, 0.05) is 57.3 Å². The number of nitrogens with zero attached hydrogens (tertiary/aromatic N) is 3. The van der Waals surface area contributed by atoms with Crippen molar-refractivity contribution >= 4 is 11.5 Å². The molecule has 1 fully saturated rings. The number of ketones is 1. The molecule has 0 aromatic heterocycles. The lowest BCUT2D eigenvalue weighted by atomic mass is 10.1. The summed E-state index contributed by atoms with van der Waals surface area (Å²) in [4.78, 5) is 18.8. The van der Waals surface area contributed by atoms with E-state index in [1.165, 1.54) is 69.4 Å². The van der Waals surface area contributed by atoms with Crippen LogP contribution in [0.2, 0.25) is 0 Å². The van der Waals surface area contributed by atoms with Crippen LogP contribution in [0.4, 0.5) is 5.69 Å². The largest absolute Gasteiger partial charge is 0.369 e. The van der Waals surface area contributed by atoms with Gasteiger partial charge < -0.3 is 9.80 Å². The first-order valence-corrected chi connectivity index (χ1v) is 12.8. The first-order chi connectivity index (χ1) is 15.0. The molecule has 1 aromatic rings. The van der Waals surface area contributed by atoms with E-state index < -0.39 is 0 Å². The number of piperazine rings is 1. The quantitative estimate of drug-likeness (QED) is 0.332. The van der Waals surface area contributed by atoms with Crippen molar-refractivity contribution in [2.75, 3.05) is 44.7 Å². The van der Waals surface area contributed by atoms with Gasteiger partial charge in [0.25, 0.3) is 0 Å². The lowest BCUT2D eigenvalue weighted by Gasteiger charge is -2.38. The smallest absolute Gasteiger partial charge is 0.132 e. The van der Waals surface area contributed by atoms with E-state index in [0.717, 1.165) is 32.5 Å². The van der Waals surface area contributed by atoms with Gasteiger partial charge in [0.2, 0.25) is 0 Å². The minimum Gasteiger partial charge on any atom is -0.369 e. The lowest BCUT2D eigenvalue weighted by Crippen LogP contribution is -2.48. The van der Waals surface area contributed by atoms with Crippen LogP contribution in [-0.4, -0.2) is 61.4 Å². The number of benzene rings is 1. The van der Waals surface area contributed by atoms with Crippen molar-refractivity contribution in [1.82, 2.24) is 9.80 Å². The topological polar surface area (TPSA) is 26.8 Å². The molecule has 4 nitrogen and oxygen atoms in total. The SMILES string of the molecule is CCC(=O)CCCCCCCCCN(C)Cc1ccc(N2CCN(C(C)C)CC2)cc1. The summed E-state index contributed by atoms with van der Waals surface area (Å²) in [6.45, 7) is 13.4. The van der Waals surface area contributed by atoms with Gasteiger partial charge in [-0.2, -0.15) is 0 Å². The van der Waals surface area contributed by atoms with Crippen LogP contribution in [0, 0.1) is 0 Å². The van der Waals surface area contributed by atoms with E-state index in [-0.39, 0.29) is 0 Å². The minimum atomic E-state index is 0.419. The predicted octanol–water partition coefficient (Wildman–Crippen LogP) is 5.75. The monoisotopic (exact) mass is 429 g/mol. The average Bonchev–Trinajstić information content (AvgIpc) is 2.78. The van der Waals surface area contributed by atoms with Crippen LogP contribution >= 0.6 is 0 Å². The molecule has 0 aliphatic carbocycles. The van der Waals surface area contributed by atoms with Gasteiger partial charge in [-0.05, 0) is 58.0 Å². The molecule has 0 atom stereocenters. The van der Waals surface area contributed by atoms with E-state index in [1.54, 1.807) is 0 Å². The molecule has 4 heteroatoms. The second-order valence-electron chi connectivity index (χ2n) is 9.64. The molecule has 1 aliphatic heterocycles. The molecule has 1 aromatic carbocycles. The molecule has 2 rings (SSSR count). The summed E-state index contributed by atoms with van der Waals surface area (Å²) in [5, 5.41) is 0. The average molecular weight is 430 g/mol. The summed E-state index contributed by atoms with van der Waals surface area (Å²) >= 11 is 0. The van der Waals surface area contributed by atoms with Crippen molar-refractivity contribution in [2.24, 2.45) is 0 Å². The maximum Gasteiger partial charge on any atom is 0.132 e. The Kier molecular flexibility index (Phi) is 12.2. The van der Waals surface area contributed by atoms with Crippen LogP contribution in [0.3, 0.4) is 0 Å². The fourth-order valence-corrected chi connectivity index (χ4v) is 4.46. The number of hydrogen-bond donors (Lipinski definition) is 0. The normalized spacial score (nSPS) is 15.2. The lowest BCUT2D eigenvalue weighted by molar-refractivity contribution is -0.118. The maximum absolute atomic E-state index is 11.3. The van der Waals surface area contributed by atoms with Gasteiger partial charge in [-0.25, -0.2) is 0 Å². The zero-order valence-corrected chi connectivity index (χ0v) is 20.7. The summed E-state index contributed by atoms with van der Waals surface area (Å²) in [5.41, 5.74) is 2.78. The molecule has 1 saturated heterocycles. The van der Waals surface area contributed by atoms with Crippen LogP contribution in [0.25, 0.3) is 0 Å². The zero-order valence-electron chi connectivity index (χ0n) is 20.7. The van der Waals surface area contributed by atoms with Gasteiger partial charge in [-0.15, -0.1) is 0 Å². The fourth-order valence-electron chi connectivity index (χ4n) is 4.46. The summed E-state index contributed by atoms with van der Waals surface area (Å²) in [5.74, 6) is 0.419. The first kappa shape index (κ1) is 25.9. The van der Waals surface area contributed by atoms with E-state index in [0.29, 0.717) is 18.2 Å². The molecule has 0 unspecified atom stereocenters. The third-order valence-corrected chi connectivity index (χ3v) is 6.69. The molecule has 0 N–H and O–H groups in total. The second-order valence-corrected chi connectivity index (χ2v) is 9.64. The van der Waals surface area contributed by atoms with E-state index in [2.05, 4.69) is 59.9 Å². The molecule has 1 aliphatic rings. The van der Waals surface area contributed by atoms with Crippen molar-refractivity contribution in [1.29, 1.82) is 0 Å². The standard InChI is InChI=1S/C27H47N3O/c1-5-27(31)13-11-9-7-6-8-10-12-18-28(4)23-25-14-16-26(17-15-25)30-21-19-29(20-22-30)24(2)3/h14-17,24H,5-13,18-23H2,1-4H3. The zero-order chi connectivity index (χ0) is 22.5. The van der Waals surface area contributed by atoms with E-state index >= 15 is 0 Å². The van der Waals surface area contributed by atoms with Gasteiger partial charge in [-0.1, -0.05) is 51.2 Å². The van der Waals surface area contributed by atoms with Gasteiger partial charge >= 0.3 is 0 Å². The minimum absolute atomic E-state index is 0.419. The van der Waals surface area contributed by atoms with Crippen molar-refractivity contribution in [3.63, 3.8) is 0 Å². The van der Waals surface area contributed by atoms with Gasteiger partial charge in [0.1, 0.15) is 5.78 Å². The summed E-state index contributed by atoms with van der Waals surface area (Å²) in [6.07, 6.45) is 10.3. The Hall–Kier alpha value is -1.39. The number of rotatable bonds is 15. The molecular weight excluding hydrogens is 382 g/mol. The molecule has 31 heavy (non-hydrogen) atoms. The number of hydrogen-bond acceptors (Lipinski definition) is 4. The van der Waals surface area contributed by atoms with Gasteiger partial charge in [0.15, 0.2) is 0 Å². The van der Waals surface area contributed by atoms with Crippen molar-refractivity contribution in [3.8, 4) is 0 Å². The van der Waals surface area contributed by atoms with E-state index in [9.17, 15) is 4.79 Å². The molecule has 1 heterocycles. The predicted molar refractivity (Wildman–Crippen MR) is 134 cm³/mol. The van der Waals surface area contributed by atoms with Crippen molar-refractivity contribution < 1.29 is 4.79 Å². The molecular formula is C27H47N3O. The highest BCUT2D eigenvalue weighted by Gasteiger charge is 2.18. The third kappa shape index (κ3) is 10.2. The Balaban J connectivity index is 1.54. The number of unbranched alkanes of at least 4 members (excludes halogenated alkanes) is 6. The van der Waals surface area contributed by atoms with E-state index in [4.69, 9.17) is 0 Å². The fraction of sp³-hybridized carbons (Fsp3) is 0.741. The molecule has 0 saturated carbocycles. The van der Waals surface area contributed by atoms with Gasteiger partial charge in [-0.3, -0.25) is 9.69 Å². The Morgan fingerprint density at radius 2 is 1.48 bits per heavy atom. The molecule has 176 valence electrons. The van der Waals surface area contributed by atoms with Crippen LogP contribution < -0.4 is 4.90 Å². The summed E-state index contributed by atoms with van der Waals surface area (Å²) in [6, 6.07) is 9.89. The number of anilines is 1. The van der Waals surface area contributed by atoms with Crippen molar-refractivity contribution in [2.45, 2.75) is 91.1 Å². The third-order valence-electron chi connectivity index (χ3n) is 6.69. The highest BCUT2D eigenvalue weighted by Crippen LogP contribution is 2.19. The van der Waals surface area contributed by atoms with Gasteiger partial charge in [0.05, 0.1) is 0 Å². The summed E-state index contributed by atoms with van der Waals surface area (Å²) in [7, 11) is 2.24. The second kappa shape index (κ2) is 14.6. The number of Topliss-reactive ketones (excluding diaryl/α,β-unsaturated/α-hetero) is 1. The Bertz CT molecular complexity index is 605. The Labute approximate surface area is 192 Å².